The molecule has 20 nitrogen and oxygen atoms in total. The molecule has 0 spiro atoms. The van der Waals surface area contributed by atoms with Crippen LogP contribution < -0.4 is 26.0 Å². The highest BCUT2D eigenvalue weighted by Gasteiger charge is 2.31. The van der Waals surface area contributed by atoms with Gasteiger partial charge in [0, 0.05) is 113 Å². The van der Waals surface area contributed by atoms with Crippen LogP contribution in [0.4, 0.5) is 17.1 Å². The average Bonchev–Trinajstić information content (AvgIpc) is 1.63. The SMILES string of the molecule is C.COC(=O)c1c(C)[nH]c(/C=C2\C(=O)Nc3ccc(-c4csc(C5CCCCC5)n4)cc32)c1C.COC(=O)c1c(C)[nH]c(/C=C2\C(=O)Nc3ccc(-c4csc(C5CCNCC5)n4)cc32)c1C.COC(=O)c1c(C)[nH]c(OC)c1C.O=C1Cc2cc(-c3csc(C4CCCCC4)n3)ccc2N1. The lowest BCUT2D eigenvalue weighted by Crippen LogP contribution is -2.26. The maximum atomic E-state index is 12.8. The van der Waals surface area contributed by atoms with E-state index in [1.54, 1.807) is 47.2 Å². The highest BCUT2D eigenvalue weighted by molar-refractivity contribution is 7.10. The Morgan fingerprint density at radius 1 is 0.475 bits per heavy atom. The van der Waals surface area contributed by atoms with E-state index in [-0.39, 0.29) is 37.1 Å². The van der Waals surface area contributed by atoms with Crippen LogP contribution in [0.5, 0.6) is 5.88 Å². The number of ether oxygens (including phenoxy) is 4. The Balaban J connectivity index is 0.000000142. The number of H-pyrrole nitrogens is 3. The van der Waals surface area contributed by atoms with Crippen LogP contribution >= 0.6 is 34.0 Å². The lowest BCUT2D eigenvalue weighted by atomic mass is 9.90. The van der Waals surface area contributed by atoms with Gasteiger partial charge >= 0.3 is 17.9 Å². The number of methoxy groups -OCH3 is 4. The molecule has 0 unspecified atom stereocenters. The fourth-order valence-electron chi connectivity index (χ4n) is 14.2. The van der Waals surface area contributed by atoms with Crippen LogP contribution in [0.25, 0.3) is 57.1 Å². The number of aromatic amines is 3. The summed E-state index contributed by atoms with van der Waals surface area (Å²) in [5.74, 6) is 1.01. The molecule has 2 aliphatic carbocycles. The normalized spacial score (nSPS) is 16.4. The Labute approximate surface area is 601 Å². The predicted molar refractivity (Wildman–Crippen MR) is 403 cm³/mol. The van der Waals surface area contributed by atoms with Crippen LogP contribution in [-0.2, 0) is 35.0 Å². The van der Waals surface area contributed by atoms with Crippen LogP contribution in [0.2, 0.25) is 0 Å². The van der Waals surface area contributed by atoms with E-state index in [1.807, 2.05) is 90.1 Å². The number of nitrogens with zero attached hydrogens (tertiary/aromatic N) is 3. The van der Waals surface area contributed by atoms with Crippen LogP contribution in [-0.4, -0.2) is 107 Å². The van der Waals surface area contributed by atoms with Crippen molar-refractivity contribution in [3.05, 3.63) is 164 Å². The third-order valence-corrected chi connectivity index (χ3v) is 22.7. The van der Waals surface area contributed by atoms with E-state index in [2.05, 4.69) is 69.2 Å². The Hall–Kier alpha value is -9.55. The van der Waals surface area contributed by atoms with Gasteiger partial charge in [-0.2, -0.15) is 0 Å². The molecular formula is C78H88N10O10S3. The molecule has 1 saturated heterocycles. The third kappa shape index (κ3) is 15.7. The number of thiazole rings is 3. The van der Waals surface area contributed by atoms with Gasteiger partial charge in [0.1, 0.15) is 0 Å². The minimum Gasteiger partial charge on any atom is -0.482 e. The highest BCUT2D eigenvalue weighted by atomic mass is 32.1. The summed E-state index contributed by atoms with van der Waals surface area (Å²) < 4.78 is 19.5. The molecule has 15 rings (SSSR count). The molecule has 3 fully saturated rings. The van der Waals surface area contributed by atoms with Gasteiger partial charge < -0.3 is 55.2 Å². The van der Waals surface area contributed by atoms with E-state index >= 15 is 0 Å². The molecule has 7 N–H and O–H groups in total. The molecule has 3 amide bonds. The number of rotatable bonds is 12. The molecule has 23 heteroatoms. The maximum absolute atomic E-state index is 12.8. The number of fused-ring (bicyclic) bond motifs is 3. The number of carbonyl (C=O) groups is 6. The first-order valence-corrected chi connectivity index (χ1v) is 36.7. The van der Waals surface area contributed by atoms with E-state index < -0.39 is 5.97 Å². The Kier molecular flexibility index (Phi) is 23.0. The van der Waals surface area contributed by atoms with Crippen LogP contribution in [0.3, 0.4) is 0 Å². The highest BCUT2D eigenvalue weighted by Crippen LogP contribution is 2.43. The largest absolute Gasteiger partial charge is 0.482 e. The first-order valence-electron chi connectivity index (χ1n) is 34.0. The summed E-state index contributed by atoms with van der Waals surface area (Å²) in [6.07, 6.45) is 19.3. The second-order valence-electron chi connectivity index (χ2n) is 26.1. The standard InChI is InChI=1S/C26H27N3O3S.C25H26N4O3S.C17H18N2OS.C9H13NO3.CH4/c1-14-21(27-15(2)23(14)26(31)32-3)12-19-18-11-17(9-10-20(18)28-24(19)30)22-13-33-25(29-22)16-7-5-4-6-8-16;1-13-20(27-14(2)22(13)25(31)32-3)11-18-17-10-16(4-5-19(17)28-23(18)30)21-12-33-24(29-21)15-6-8-26-9-7-15;20-16-9-13-8-12(6-7-14(13)18-16)15-10-21-17(19-15)11-4-2-1-3-5-11;1-5-7(9(11)13-4)6(2)10-8(5)12-3;/h9-13,16,27H,4-8H2,1-3H3,(H,28,30);4-5,10-12,15,26-27H,6-9H2,1-3H3,(H,28,30);6-8,10-11H,1-5,9H2,(H,18,20);10H,1-4H3;1H4/b19-12-;18-11-;;;. The zero-order valence-electron chi connectivity index (χ0n) is 58.1. The molecule has 9 aromatic rings. The summed E-state index contributed by atoms with van der Waals surface area (Å²) >= 11 is 5.25. The van der Waals surface area contributed by atoms with Crippen LogP contribution in [0.1, 0.15) is 210 Å². The summed E-state index contributed by atoms with van der Waals surface area (Å²) in [5.41, 5.74) is 20.0. The Morgan fingerprint density at radius 3 is 1.27 bits per heavy atom. The summed E-state index contributed by atoms with van der Waals surface area (Å²) in [4.78, 5) is 96.7. The van der Waals surface area contributed by atoms with Gasteiger partial charge in [0.2, 0.25) is 5.91 Å². The minimum atomic E-state index is -0.391. The molecule has 3 aromatic carbocycles. The fourth-order valence-corrected chi connectivity index (χ4v) is 17.2. The average molecular weight is 1420 g/mol. The van der Waals surface area contributed by atoms with Gasteiger partial charge in [-0.3, -0.25) is 14.4 Å². The number of anilines is 3. The summed E-state index contributed by atoms with van der Waals surface area (Å²) in [6, 6.07) is 18.1. The number of nitrogens with one attached hydrogen (secondary N) is 7. The van der Waals surface area contributed by atoms with Gasteiger partial charge in [-0.25, -0.2) is 29.3 Å². The number of aryl methyl sites for hydroxylation is 3. The van der Waals surface area contributed by atoms with Crippen LogP contribution in [0.15, 0.2) is 70.7 Å². The minimum absolute atomic E-state index is 0. The summed E-state index contributed by atoms with van der Waals surface area (Å²) in [6.45, 7) is 13.1. The first kappa shape index (κ1) is 72.7. The number of piperidine rings is 1. The van der Waals surface area contributed by atoms with Crippen molar-refractivity contribution in [2.24, 2.45) is 0 Å². The quantitative estimate of drug-likeness (QED) is 0.0341. The molecule has 6 aliphatic rings. The molecule has 6 aromatic heterocycles. The summed E-state index contributed by atoms with van der Waals surface area (Å²) in [7, 11) is 5.65. The number of amides is 3. The molecule has 0 atom stereocenters. The zero-order valence-corrected chi connectivity index (χ0v) is 60.5. The molecule has 0 radical (unpaired) electrons. The molecule has 101 heavy (non-hydrogen) atoms. The van der Waals surface area contributed by atoms with Crippen molar-refractivity contribution in [2.75, 3.05) is 57.5 Å². The number of esters is 3. The molecule has 528 valence electrons. The van der Waals surface area contributed by atoms with Crippen molar-refractivity contribution in [2.45, 2.75) is 150 Å². The molecule has 0 bridgehead atoms. The van der Waals surface area contributed by atoms with E-state index in [9.17, 15) is 28.8 Å². The van der Waals surface area contributed by atoms with Gasteiger partial charge in [0.25, 0.3) is 11.8 Å². The number of hydrogen-bond donors (Lipinski definition) is 7. The van der Waals surface area contributed by atoms with Crippen molar-refractivity contribution in [3.63, 3.8) is 0 Å². The number of aromatic nitrogens is 6. The molecular weight excluding hydrogens is 1330 g/mol. The molecule has 2 saturated carbocycles. The van der Waals surface area contributed by atoms with Gasteiger partial charge in [0.15, 0.2) is 5.88 Å². The van der Waals surface area contributed by atoms with Gasteiger partial charge in [-0.05, 0) is 158 Å². The number of benzene rings is 3. The third-order valence-electron chi connectivity index (χ3n) is 19.7. The van der Waals surface area contributed by atoms with Gasteiger partial charge in [-0.15, -0.1) is 34.0 Å². The molecule has 4 aliphatic heterocycles. The van der Waals surface area contributed by atoms with Crippen molar-refractivity contribution >= 4 is 110 Å². The van der Waals surface area contributed by atoms with Crippen LogP contribution in [0, 0.1) is 41.5 Å². The number of carbonyl (C=O) groups excluding carboxylic acids is 6. The topological polar surface area (TPSA) is 273 Å². The second kappa shape index (κ2) is 32.0. The monoisotopic (exact) mass is 1420 g/mol. The lowest BCUT2D eigenvalue weighted by molar-refractivity contribution is -0.115. The van der Waals surface area contributed by atoms with Gasteiger partial charge in [0.05, 0.1) is 94.8 Å². The zero-order chi connectivity index (χ0) is 70.5. The van der Waals surface area contributed by atoms with E-state index in [4.69, 9.17) is 29.2 Å². The van der Waals surface area contributed by atoms with Crippen molar-refractivity contribution in [3.8, 4) is 39.7 Å². The van der Waals surface area contributed by atoms with Crippen molar-refractivity contribution < 1.29 is 47.7 Å². The van der Waals surface area contributed by atoms with E-state index in [0.29, 0.717) is 63.6 Å². The van der Waals surface area contributed by atoms with Crippen molar-refractivity contribution in [1.82, 2.24) is 35.2 Å². The summed E-state index contributed by atoms with van der Waals surface area (Å²) in [5, 5.41) is 22.3. The maximum Gasteiger partial charge on any atom is 0.340 e. The lowest BCUT2D eigenvalue weighted by Gasteiger charge is -2.20. The Bertz CT molecular complexity index is 4470. The van der Waals surface area contributed by atoms with Crippen molar-refractivity contribution in [1.29, 1.82) is 0 Å². The Morgan fingerprint density at radius 2 is 0.861 bits per heavy atom. The number of hydrogen-bond acceptors (Lipinski definition) is 17. The second-order valence-corrected chi connectivity index (χ2v) is 28.8. The van der Waals surface area contributed by atoms with E-state index in [1.165, 1.54) is 101 Å². The fraction of sp³-hybridized carbons (Fsp3) is 0.372. The smallest absolute Gasteiger partial charge is 0.340 e. The molecule has 10 heterocycles. The first-order chi connectivity index (χ1) is 48.3. The van der Waals surface area contributed by atoms with E-state index in [0.717, 1.165) is 133 Å². The predicted octanol–water partition coefficient (Wildman–Crippen LogP) is 17.0. The van der Waals surface area contributed by atoms with Gasteiger partial charge in [-0.1, -0.05) is 64.2 Å².